The fourth-order valence-corrected chi connectivity index (χ4v) is 9.64. The highest BCUT2D eigenvalue weighted by atomic mass is 16.3. The van der Waals surface area contributed by atoms with Gasteiger partial charge in [-0.3, -0.25) is 0 Å². The molecule has 27 heteroatoms. The Bertz CT molecular complexity index is 3860. The van der Waals surface area contributed by atoms with Gasteiger partial charge in [0.1, 0.15) is 215 Å². The molecule has 8 aromatic carbocycles. The Balaban J connectivity index is 1.72. The van der Waals surface area contributed by atoms with Crippen molar-refractivity contribution in [3.05, 3.63) is 0 Å². The second-order valence-corrected chi connectivity index (χ2v) is 16.8. The molecule has 1 heterocycles. The Labute approximate surface area is 435 Å². The van der Waals surface area contributed by atoms with Crippen molar-refractivity contribution in [1.82, 2.24) is 0 Å². The molecule has 0 amide bonds. The van der Waals surface area contributed by atoms with Crippen LogP contribution in [0.3, 0.4) is 0 Å². The van der Waals surface area contributed by atoms with Crippen LogP contribution in [-0.4, -0.2) is 204 Å². The van der Waals surface area contributed by atoms with Crippen LogP contribution in [0.4, 0.5) is 0 Å². The van der Waals surface area contributed by atoms with E-state index >= 15 is 0 Å². The smallest absolute Gasteiger partial charge is 0.128 e. The van der Waals surface area contributed by atoms with E-state index < -0.39 is 0 Å². The van der Waals surface area contributed by atoms with Crippen molar-refractivity contribution in [1.29, 1.82) is 0 Å². The van der Waals surface area contributed by atoms with E-state index in [2.05, 4.69) is 0 Å². The lowest BCUT2D eigenvalue weighted by molar-refractivity contribution is 0.675. The average molecular weight is 802 g/mol. The summed E-state index contributed by atoms with van der Waals surface area (Å²) in [7, 11) is 176. The number of furan rings is 1. The summed E-state index contributed by atoms with van der Waals surface area (Å²) in [4.78, 5) is 0. The summed E-state index contributed by atoms with van der Waals surface area (Å²) in [6.45, 7) is 0. The first kappa shape index (κ1) is 50.0. The summed E-state index contributed by atoms with van der Waals surface area (Å²) in [5.74, 6) is 0. The van der Waals surface area contributed by atoms with Crippen molar-refractivity contribution < 1.29 is 4.42 Å². The Kier molecular flexibility index (Phi) is 12.2. The van der Waals surface area contributed by atoms with E-state index in [1.165, 1.54) is 0 Å². The van der Waals surface area contributed by atoms with Crippen LogP contribution < -0.4 is 142 Å². The first-order valence-electron chi connectivity index (χ1n) is 20.2. The molecule has 1 aromatic heterocycles. The zero-order chi connectivity index (χ0) is 51.0. The third-order valence-electron chi connectivity index (χ3n) is 13.4. The van der Waals surface area contributed by atoms with Gasteiger partial charge in [-0.15, -0.1) is 65.6 Å². The van der Waals surface area contributed by atoms with Gasteiger partial charge in [-0.25, -0.2) is 0 Å². The van der Waals surface area contributed by atoms with Gasteiger partial charge in [-0.05, 0) is 65.7 Å². The quantitative estimate of drug-likeness (QED) is 0.128. The minimum Gasteiger partial charge on any atom is -0.457 e. The second-order valence-electron chi connectivity index (χ2n) is 16.8. The zero-order valence-electron chi connectivity index (χ0n) is 36.4. The van der Waals surface area contributed by atoms with Gasteiger partial charge < -0.3 is 4.42 Å². The molecule has 0 aliphatic rings. The molecule has 52 radical (unpaired) electrons. The Morgan fingerprint density at radius 1 is 0.130 bits per heavy atom. The Morgan fingerprint density at radius 2 is 0.348 bits per heavy atom. The molecule has 0 saturated carbocycles. The van der Waals surface area contributed by atoms with E-state index in [1.807, 2.05) is 0 Å². The van der Waals surface area contributed by atoms with E-state index in [-0.39, 0.29) is 230 Å². The fraction of sp³-hybridized carbons (Fsp3) is 0. The lowest BCUT2D eigenvalue weighted by Gasteiger charge is -2.33. The van der Waals surface area contributed by atoms with E-state index in [4.69, 9.17) is 208 Å². The number of fused-ring (bicyclic) bond motifs is 6. The minimum absolute atomic E-state index is 0.00258. The minimum atomic E-state index is -0.245. The van der Waals surface area contributed by atoms with Crippen molar-refractivity contribution in [2.75, 3.05) is 0 Å². The largest absolute Gasteiger partial charge is 0.457 e. The van der Waals surface area contributed by atoms with E-state index in [0.717, 1.165) is 0 Å². The second kappa shape index (κ2) is 16.8. The summed E-state index contributed by atoms with van der Waals surface area (Å²) in [5, 5.41) is 0.0136. The van der Waals surface area contributed by atoms with Gasteiger partial charge in [0.05, 0.1) is 0 Å². The van der Waals surface area contributed by atoms with Gasteiger partial charge in [-0.1, -0.05) is 76.5 Å². The molecule has 252 valence electrons. The van der Waals surface area contributed by atoms with Crippen LogP contribution in [0.5, 0.6) is 0 Å². The monoisotopic (exact) mass is 806 g/mol. The molecule has 0 spiro atoms. The molecule has 0 aliphatic heterocycles. The first-order chi connectivity index (χ1) is 32.2. The molecule has 0 saturated heterocycles. The van der Waals surface area contributed by atoms with Gasteiger partial charge in [0.15, 0.2) is 0 Å². The summed E-state index contributed by atoms with van der Waals surface area (Å²) < 4.78 is 6.33. The van der Waals surface area contributed by atoms with Crippen LogP contribution in [0, 0.1) is 0 Å². The molecular weight excluding hydrogens is 802 g/mol. The number of benzene rings is 8. The summed E-state index contributed by atoms with van der Waals surface area (Å²) in [6.07, 6.45) is 0. The molecular formula is C42B26O. The predicted octanol–water partition coefficient (Wildman–Crippen LogP) is -19.3. The summed E-state index contributed by atoms with van der Waals surface area (Å²) in [5.41, 5.74) is -4.84. The summed E-state index contributed by atoms with van der Waals surface area (Å²) in [6, 6.07) is 0. The van der Waals surface area contributed by atoms with Gasteiger partial charge in [0, 0.05) is 10.8 Å². The molecule has 9 rings (SSSR count). The highest BCUT2D eigenvalue weighted by Gasteiger charge is 2.32. The fourth-order valence-electron chi connectivity index (χ4n) is 9.64. The maximum atomic E-state index is 7.44. The Morgan fingerprint density at radius 3 is 0.725 bits per heavy atom. The van der Waals surface area contributed by atoms with Crippen molar-refractivity contribution in [2.24, 2.45) is 0 Å². The molecule has 0 N–H and O–H groups in total. The van der Waals surface area contributed by atoms with Crippen LogP contribution >= 0.6 is 0 Å². The standard InChI is InChI=1S/C42B26O/c43-15-3(9-11(23(51)32(60)31(59)22(9)50)16(44)12(15)13-24(52)33(61)37(65)34(62)25(13)53)1-4-6(19(47)29(57)27(55)17(4)45)2(7-5(1)18(46)28(56)30(58)20(7)48)8-10-14-26(54)35(63)38(66)40(68)42(14)69-41(10)39(67)36(64)21(8)49. The van der Waals surface area contributed by atoms with Crippen LogP contribution in [0.1, 0.15) is 0 Å². The van der Waals surface area contributed by atoms with Crippen molar-refractivity contribution >= 4 is 400 Å². The van der Waals surface area contributed by atoms with Crippen molar-refractivity contribution in [3.63, 3.8) is 0 Å². The van der Waals surface area contributed by atoms with Gasteiger partial charge >= 0.3 is 0 Å². The molecule has 0 unspecified atom stereocenters. The van der Waals surface area contributed by atoms with Gasteiger partial charge in [0.2, 0.25) is 0 Å². The zero-order valence-corrected chi connectivity index (χ0v) is 36.4. The maximum absolute atomic E-state index is 7.44. The van der Waals surface area contributed by atoms with Crippen molar-refractivity contribution in [2.45, 2.75) is 0 Å². The van der Waals surface area contributed by atoms with Gasteiger partial charge in [-0.2, -0.15) is 0 Å². The topological polar surface area (TPSA) is 13.1 Å². The number of hydrogen-bond donors (Lipinski definition) is 0. The van der Waals surface area contributed by atoms with Crippen LogP contribution in [0.2, 0.25) is 0 Å². The van der Waals surface area contributed by atoms with E-state index in [1.54, 1.807) is 0 Å². The Hall–Kier alpha value is -3.97. The van der Waals surface area contributed by atoms with E-state index in [0.29, 0.717) is 0 Å². The normalized spacial score (nSPS) is 11.8. The van der Waals surface area contributed by atoms with Crippen LogP contribution in [0.15, 0.2) is 4.42 Å². The predicted molar refractivity (Wildman–Crippen MR) is 323 cm³/mol. The third kappa shape index (κ3) is 6.41. The molecule has 0 aliphatic carbocycles. The molecule has 69 heavy (non-hydrogen) atoms. The summed E-state index contributed by atoms with van der Waals surface area (Å²) >= 11 is 0. The van der Waals surface area contributed by atoms with E-state index in [9.17, 15) is 0 Å². The molecule has 0 atom stereocenters. The molecule has 0 bridgehead atoms. The highest BCUT2D eigenvalue weighted by Crippen LogP contribution is 2.44. The lowest BCUT2D eigenvalue weighted by Crippen LogP contribution is -2.56. The first-order valence-corrected chi connectivity index (χ1v) is 20.2. The third-order valence-corrected chi connectivity index (χ3v) is 13.4. The molecule has 0 fully saturated rings. The molecule has 1 nitrogen and oxygen atoms in total. The maximum Gasteiger partial charge on any atom is 0.128 e. The highest BCUT2D eigenvalue weighted by molar-refractivity contribution is 6.77. The lowest BCUT2D eigenvalue weighted by atomic mass is 9.55. The van der Waals surface area contributed by atoms with Crippen LogP contribution in [-0.2, 0) is 0 Å². The molecule has 9 aromatic rings. The van der Waals surface area contributed by atoms with Crippen LogP contribution in [0.25, 0.3) is 87.6 Å². The van der Waals surface area contributed by atoms with Crippen molar-refractivity contribution in [3.8, 4) is 33.4 Å². The SMILES string of the molecule is [B]c1c([B])c([B])c(-c2c([B])c(-c3c4c([B])c([B])c([B])c([B])c4c(-c4c([B])c([B])c([B])c5oc6c([B])c([B])c([B])c([B])c6c45)c4c([B])c([B])c([B])c([B])c34)c3c([B])c([B])c([B])c([B])c3c2[B])c([B])c1[B]. The van der Waals surface area contributed by atoms with Gasteiger partial charge in [0.25, 0.3) is 0 Å². The average Bonchev–Trinajstić information content (AvgIpc) is 3.72. The number of hydrogen-bond acceptors (Lipinski definition) is 1. The number of rotatable bonds is 3.